The molecule has 1 N–H and O–H groups in total. The van der Waals surface area contributed by atoms with Crippen LogP contribution in [0.4, 0.5) is 0 Å². The highest BCUT2D eigenvalue weighted by Gasteiger charge is 2.13. The summed E-state index contributed by atoms with van der Waals surface area (Å²) >= 11 is 12.2. The number of rotatable bonds is 9. The van der Waals surface area contributed by atoms with Crippen LogP contribution in [0.1, 0.15) is 50.6 Å². The van der Waals surface area contributed by atoms with Crippen molar-refractivity contribution in [1.82, 2.24) is 5.32 Å². The van der Waals surface area contributed by atoms with Crippen LogP contribution < -0.4 is 5.32 Å². The minimum atomic E-state index is 0.318. The first-order valence-corrected chi connectivity index (χ1v) is 7.73. The summed E-state index contributed by atoms with van der Waals surface area (Å²) in [6, 6.07) is 6.08. The monoisotopic (exact) mass is 299 g/mol. The predicted octanol–water partition coefficient (Wildman–Crippen LogP) is 5.78. The van der Waals surface area contributed by atoms with Gasteiger partial charge in [0.1, 0.15) is 0 Å². The molecule has 0 saturated carbocycles. The molecule has 19 heavy (non-hydrogen) atoms. The van der Waals surface area contributed by atoms with Crippen LogP contribution in [0.25, 0.3) is 0 Å². The van der Waals surface area contributed by atoms with Crippen molar-refractivity contribution >= 4 is 23.2 Å². The number of nitrogens with one attached hydrogen (secondary N) is 1. The van der Waals surface area contributed by atoms with Crippen molar-refractivity contribution in [2.45, 2.75) is 45.1 Å². The first-order valence-electron chi connectivity index (χ1n) is 6.98. The first kappa shape index (κ1) is 16.6. The van der Waals surface area contributed by atoms with Crippen LogP contribution in [-0.2, 0) is 0 Å². The van der Waals surface area contributed by atoms with Crippen LogP contribution in [-0.4, -0.2) is 6.54 Å². The van der Waals surface area contributed by atoms with Crippen LogP contribution in [0.3, 0.4) is 0 Å². The van der Waals surface area contributed by atoms with E-state index < -0.39 is 0 Å². The van der Waals surface area contributed by atoms with E-state index in [1.807, 2.05) is 24.3 Å². The number of benzene rings is 1. The zero-order valence-electron chi connectivity index (χ0n) is 11.6. The number of unbranched alkanes of at least 4 members (excludes halogenated alkanes) is 3. The number of allylic oxidation sites excluding steroid dienone is 1. The van der Waals surface area contributed by atoms with Crippen LogP contribution in [0, 0.1) is 0 Å². The molecule has 0 aliphatic carbocycles. The Morgan fingerprint density at radius 1 is 1.26 bits per heavy atom. The lowest BCUT2D eigenvalue weighted by molar-refractivity contribution is 0.484. The van der Waals surface area contributed by atoms with Crippen molar-refractivity contribution in [1.29, 1.82) is 0 Å². The smallest absolute Gasteiger partial charge is 0.0468 e. The quantitative estimate of drug-likeness (QED) is 0.450. The second kappa shape index (κ2) is 9.41. The summed E-state index contributed by atoms with van der Waals surface area (Å²) in [5.74, 6) is 0. The van der Waals surface area contributed by atoms with Gasteiger partial charge in [0.25, 0.3) is 0 Å². The largest absolute Gasteiger partial charge is 0.310 e. The van der Waals surface area contributed by atoms with Gasteiger partial charge in [-0.2, -0.15) is 0 Å². The highest BCUT2D eigenvalue weighted by atomic mass is 35.5. The van der Waals surface area contributed by atoms with Crippen LogP contribution in [0.2, 0.25) is 10.0 Å². The fourth-order valence-electron chi connectivity index (χ4n) is 2.21. The van der Waals surface area contributed by atoms with Crippen molar-refractivity contribution in [2.24, 2.45) is 0 Å². The third-order valence-electron chi connectivity index (χ3n) is 3.19. The molecular formula is C16H23Cl2N. The van der Waals surface area contributed by atoms with Gasteiger partial charge in [0, 0.05) is 16.1 Å². The summed E-state index contributed by atoms with van der Waals surface area (Å²) in [4.78, 5) is 0. The summed E-state index contributed by atoms with van der Waals surface area (Å²) in [6.45, 7) is 6.81. The molecule has 0 radical (unpaired) electrons. The molecule has 0 aliphatic heterocycles. The van der Waals surface area contributed by atoms with Gasteiger partial charge in [0.2, 0.25) is 0 Å². The van der Waals surface area contributed by atoms with Gasteiger partial charge in [-0.1, -0.05) is 55.1 Å². The van der Waals surface area contributed by atoms with Crippen molar-refractivity contribution in [3.8, 4) is 0 Å². The zero-order chi connectivity index (χ0) is 14.1. The van der Waals surface area contributed by atoms with E-state index in [0.717, 1.165) is 30.0 Å². The fourth-order valence-corrected chi connectivity index (χ4v) is 2.75. The molecule has 0 amide bonds. The van der Waals surface area contributed by atoms with Gasteiger partial charge in [0.15, 0.2) is 0 Å². The van der Waals surface area contributed by atoms with E-state index in [2.05, 4.69) is 18.8 Å². The van der Waals surface area contributed by atoms with Gasteiger partial charge in [-0.25, -0.2) is 0 Å². The van der Waals surface area contributed by atoms with Gasteiger partial charge in [0.05, 0.1) is 0 Å². The van der Waals surface area contributed by atoms with Crippen LogP contribution in [0.5, 0.6) is 0 Å². The Labute approximate surface area is 127 Å². The van der Waals surface area contributed by atoms with E-state index in [1.54, 1.807) is 0 Å². The van der Waals surface area contributed by atoms with Gasteiger partial charge < -0.3 is 5.32 Å². The first-order chi connectivity index (χ1) is 9.19. The van der Waals surface area contributed by atoms with Gasteiger partial charge in [-0.3, -0.25) is 0 Å². The highest BCUT2D eigenvalue weighted by molar-refractivity contribution is 6.35. The molecule has 1 atom stereocenters. The summed E-state index contributed by atoms with van der Waals surface area (Å²) in [5, 5.41) is 4.95. The molecule has 1 rings (SSSR count). The summed E-state index contributed by atoms with van der Waals surface area (Å²) in [6.07, 6.45) is 7.85. The average molecular weight is 300 g/mol. The van der Waals surface area contributed by atoms with E-state index in [0.29, 0.717) is 11.1 Å². The maximum absolute atomic E-state index is 6.28. The van der Waals surface area contributed by atoms with Gasteiger partial charge >= 0.3 is 0 Å². The molecule has 1 unspecified atom stereocenters. The molecule has 3 heteroatoms. The molecule has 0 saturated heterocycles. The summed E-state index contributed by atoms with van der Waals surface area (Å²) < 4.78 is 0. The van der Waals surface area contributed by atoms with E-state index in [4.69, 9.17) is 23.2 Å². The Balaban J connectivity index is 2.58. The van der Waals surface area contributed by atoms with Crippen molar-refractivity contribution in [3.63, 3.8) is 0 Å². The van der Waals surface area contributed by atoms with E-state index in [9.17, 15) is 0 Å². The zero-order valence-corrected chi connectivity index (χ0v) is 13.1. The molecule has 0 fully saturated rings. The maximum Gasteiger partial charge on any atom is 0.0468 e. The second-order valence-corrected chi connectivity index (χ2v) is 5.55. The molecular weight excluding hydrogens is 277 g/mol. The Hall–Kier alpha value is -0.500. The molecule has 106 valence electrons. The molecule has 0 spiro atoms. The third-order valence-corrected chi connectivity index (χ3v) is 3.75. The van der Waals surface area contributed by atoms with E-state index in [-0.39, 0.29) is 0 Å². The van der Waals surface area contributed by atoms with Gasteiger partial charge in [-0.15, -0.1) is 6.58 Å². The number of hydrogen-bond donors (Lipinski definition) is 1. The van der Waals surface area contributed by atoms with E-state index >= 15 is 0 Å². The van der Waals surface area contributed by atoms with Crippen LogP contribution >= 0.6 is 23.2 Å². The van der Waals surface area contributed by atoms with Crippen molar-refractivity contribution < 1.29 is 0 Å². The molecule has 0 bridgehead atoms. The molecule has 1 nitrogen and oxygen atoms in total. The van der Waals surface area contributed by atoms with E-state index in [1.165, 1.54) is 19.3 Å². The summed E-state index contributed by atoms with van der Waals surface area (Å²) in [7, 11) is 0. The Kier molecular flexibility index (Phi) is 8.20. The highest BCUT2D eigenvalue weighted by Crippen LogP contribution is 2.29. The summed E-state index contributed by atoms with van der Waals surface area (Å²) in [5.41, 5.74) is 1.15. The lowest BCUT2D eigenvalue weighted by Crippen LogP contribution is -2.21. The topological polar surface area (TPSA) is 12.0 Å². The molecule has 1 aromatic rings. The predicted molar refractivity (Wildman–Crippen MR) is 86.2 cm³/mol. The molecule has 1 aromatic carbocycles. The molecule has 0 heterocycles. The van der Waals surface area contributed by atoms with Gasteiger partial charge in [-0.05, 0) is 43.5 Å². The fraction of sp³-hybridized carbons (Fsp3) is 0.500. The van der Waals surface area contributed by atoms with Crippen LogP contribution in [0.15, 0.2) is 30.9 Å². The molecule has 0 aromatic heterocycles. The lowest BCUT2D eigenvalue weighted by Gasteiger charge is -2.19. The normalized spacial score (nSPS) is 12.4. The number of halogens is 2. The maximum atomic E-state index is 6.28. The SMILES string of the molecule is C=CCCCCCC(NCC)c1ccc(Cl)cc1Cl. The minimum absolute atomic E-state index is 0.318. The van der Waals surface area contributed by atoms with Crippen molar-refractivity contribution in [3.05, 3.63) is 46.5 Å². The van der Waals surface area contributed by atoms with Crippen molar-refractivity contribution in [2.75, 3.05) is 6.54 Å². The third kappa shape index (κ3) is 5.99. The molecule has 0 aliphatic rings. The Bertz CT molecular complexity index is 390. The standard InChI is InChI=1S/C16H23Cl2N/c1-3-5-6-7-8-9-16(19-4-2)14-11-10-13(17)12-15(14)18/h3,10-12,16,19H,1,4-9H2,2H3. The second-order valence-electron chi connectivity index (χ2n) is 4.70. The Morgan fingerprint density at radius 2 is 2.05 bits per heavy atom. The lowest BCUT2D eigenvalue weighted by atomic mass is 10.00. The minimum Gasteiger partial charge on any atom is -0.310 e. The number of hydrogen-bond acceptors (Lipinski definition) is 1. The average Bonchev–Trinajstić information content (AvgIpc) is 2.38. The Morgan fingerprint density at radius 3 is 2.68 bits per heavy atom.